The van der Waals surface area contributed by atoms with Crippen LogP contribution in [0.1, 0.15) is 0 Å². The van der Waals surface area contributed by atoms with E-state index in [1.54, 1.807) is 12.1 Å². The Balaban J connectivity index is 2.26. The van der Waals surface area contributed by atoms with Crippen LogP contribution in [-0.2, 0) is 0 Å². The first-order valence-electron chi connectivity index (χ1n) is 5.04. The number of ether oxygens (including phenoxy) is 1. The highest BCUT2D eigenvalue weighted by Gasteiger charge is 2.09. The number of halogens is 3. The molecule has 0 heterocycles. The van der Waals surface area contributed by atoms with Crippen molar-refractivity contribution >= 4 is 44.8 Å². The smallest absolute Gasteiger partial charge is 0.269 e. The molecular weight excluding hydrogens is 357 g/mol. The maximum atomic E-state index is 10.5. The zero-order valence-electron chi connectivity index (χ0n) is 9.27. The molecule has 0 fully saturated rings. The summed E-state index contributed by atoms with van der Waals surface area (Å²) in [6, 6.07) is 8.86. The monoisotopic (exact) mass is 361 g/mol. The number of nitrogens with zero attached hydrogens (tertiary/aromatic N) is 1. The van der Waals surface area contributed by atoms with E-state index < -0.39 is 4.92 Å². The van der Waals surface area contributed by atoms with Gasteiger partial charge in [-0.3, -0.25) is 10.1 Å². The van der Waals surface area contributed by atoms with Crippen LogP contribution >= 0.6 is 39.1 Å². The average Bonchev–Trinajstić information content (AvgIpc) is 2.36. The van der Waals surface area contributed by atoms with Gasteiger partial charge in [0.25, 0.3) is 5.69 Å². The maximum Gasteiger partial charge on any atom is 0.269 e. The fourth-order valence-corrected chi connectivity index (χ4v) is 2.18. The number of non-ortho nitro benzene ring substituents is 1. The summed E-state index contributed by atoms with van der Waals surface area (Å²) >= 11 is 15.2. The summed E-state index contributed by atoms with van der Waals surface area (Å²) in [5, 5.41) is 11.4. The molecule has 19 heavy (non-hydrogen) atoms. The molecule has 0 aromatic heterocycles. The van der Waals surface area contributed by atoms with E-state index in [0.29, 0.717) is 26.0 Å². The van der Waals surface area contributed by atoms with E-state index >= 15 is 0 Å². The Kier molecular flexibility index (Phi) is 4.29. The Labute approximate surface area is 127 Å². The molecule has 0 unspecified atom stereocenters. The number of benzene rings is 2. The molecule has 0 aliphatic carbocycles. The van der Waals surface area contributed by atoms with Crippen LogP contribution in [0, 0.1) is 10.1 Å². The summed E-state index contributed by atoms with van der Waals surface area (Å²) < 4.78 is 6.18. The molecule has 0 saturated carbocycles. The van der Waals surface area contributed by atoms with Crippen molar-refractivity contribution in [3.63, 3.8) is 0 Å². The van der Waals surface area contributed by atoms with Crippen LogP contribution in [0.3, 0.4) is 0 Å². The van der Waals surface area contributed by atoms with Gasteiger partial charge in [-0.05, 0) is 34.1 Å². The van der Waals surface area contributed by atoms with Gasteiger partial charge in [-0.1, -0.05) is 23.2 Å². The summed E-state index contributed by atoms with van der Waals surface area (Å²) in [5.74, 6) is 0.814. The van der Waals surface area contributed by atoms with Gasteiger partial charge < -0.3 is 4.74 Å². The normalized spacial score (nSPS) is 10.3. The van der Waals surface area contributed by atoms with Crippen molar-refractivity contribution in [2.45, 2.75) is 0 Å². The van der Waals surface area contributed by atoms with Crippen molar-refractivity contribution in [1.29, 1.82) is 0 Å². The predicted molar refractivity (Wildman–Crippen MR) is 77.3 cm³/mol. The molecule has 0 aliphatic heterocycles. The van der Waals surface area contributed by atoms with Crippen LogP contribution < -0.4 is 4.74 Å². The Hall–Kier alpha value is -1.30. The molecule has 2 aromatic carbocycles. The quantitative estimate of drug-likeness (QED) is 0.414. The Morgan fingerprint density at radius 2 is 1.74 bits per heavy atom. The number of hydrogen-bond donors (Lipinski definition) is 0. The molecule has 0 radical (unpaired) electrons. The number of nitro benzene ring substituents is 1. The third-order valence-electron chi connectivity index (χ3n) is 2.25. The molecule has 0 saturated heterocycles. The molecule has 0 bridgehead atoms. The molecule has 4 nitrogen and oxygen atoms in total. The number of hydrogen-bond acceptors (Lipinski definition) is 3. The minimum absolute atomic E-state index is 0.00714. The largest absolute Gasteiger partial charge is 0.456 e. The summed E-state index contributed by atoms with van der Waals surface area (Å²) in [7, 11) is 0. The Morgan fingerprint density at radius 3 is 2.32 bits per heavy atom. The van der Waals surface area contributed by atoms with Gasteiger partial charge in [0.15, 0.2) is 0 Å². The minimum Gasteiger partial charge on any atom is -0.456 e. The van der Waals surface area contributed by atoms with E-state index in [1.807, 2.05) is 0 Å². The van der Waals surface area contributed by atoms with Crippen LogP contribution in [0.5, 0.6) is 11.5 Å². The highest BCUT2D eigenvalue weighted by Crippen LogP contribution is 2.36. The van der Waals surface area contributed by atoms with Gasteiger partial charge in [0.05, 0.1) is 15.0 Å². The fourth-order valence-electron chi connectivity index (χ4n) is 1.35. The summed E-state index contributed by atoms with van der Waals surface area (Å²) in [5.41, 5.74) is -0.00714. The van der Waals surface area contributed by atoms with Gasteiger partial charge >= 0.3 is 0 Å². The lowest BCUT2D eigenvalue weighted by atomic mass is 10.3. The molecule has 0 atom stereocenters. The standard InChI is InChI=1S/C12H6BrCl2NO3/c13-9-5-11(15)12(6-10(9)14)19-8-3-1-7(2-4-8)16(17)18/h1-6H. The van der Waals surface area contributed by atoms with Crippen LogP contribution in [0.4, 0.5) is 5.69 Å². The van der Waals surface area contributed by atoms with Crippen LogP contribution in [0.15, 0.2) is 40.9 Å². The van der Waals surface area contributed by atoms with Crippen LogP contribution in [0.2, 0.25) is 10.0 Å². The summed E-state index contributed by atoms with van der Waals surface area (Å²) in [6.45, 7) is 0. The first kappa shape index (κ1) is 14.1. The molecule has 0 aliphatic rings. The Morgan fingerprint density at radius 1 is 1.11 bits per heavy atom. The molecule has 0 N–H and O–H groups in total. The van der Waals surface area contributed by atoms with E-state index in [4.69, 9.17) is 27.9 Å². The fraction of sp³-hybridized carbons (Fsp3) is 0. The van der Waals surface area contributed by atoms with Gasteiger partial charge in [0.1, 0.15) is 11.5 Å². The summed E-state index contributed by atoms with van der Waals surface area (Å²) in [4.78, 5) is 10.0. The van der Waals surface area contributed by atoms with Crippen molar-refractivity contribution in [2.24, 2.45) is 0 Å². The summed E-state index contributed by atoms with van der Waals surface area (Å²) in [6.07, 6.45) is 0. The van der Waals surface area contributed by atoms with Gasteiger partial charge in [-0.2, -0.15) is 0 Å². The highest BCUT2D eigenvalue weighted by atomic mass is 79.9. The van der Waals surface area contributed by atoms with Crippen molar-refractivity contribution in [3.05, 3.63) is 61.0 Å². The second kappa shape index (κ2) is 5.77. The first-order chi connectivity index (χ1) is 8.97. The van der Waals surface area contributed by atoms with Crippen molar-refractivity contribution in [3.8, 4) is 11.5 Å². The van der Waals surface area contributed by atoms with Crippen LogP contribution in [0.25, 0.3) is 0 Å². The highest BCUT2D eigenvalue weighted by molar-refractivity contribution is 9.10. The van der Waals surface area contributed by atoms with Crippen molar-refractivity contribution in [2.75, 3.05) is 0 Å². The molecular formula is C12H6BrCl2NO3. The number of rotatable bonds is 3. The molecule has 2 rings (SSSR count). The van der Waals surface area contributed by atoms with E-state index in [9.17, 15) is 10.1 Å². The molecule has 0 amide bonds. The third kappa shape index (κ3) is 3.37. The second-order valence-corrected chi connectivity index (χ2v) is 5.22. The SMILES string of the molecule is O=[N+]([O-])c1ccc(Oc2cc(Cl)c(Br)cc2Cl)cc1. The zero-order chi connectivity index (χ0) is 14.0. The predicted octanol–water partition coefficient (Wildman–Crippen LogP) is 5.46. The Bertz CT molecular complexity index is 632. The third-order valence-corrected chi connectivity index (χ3v) is 3.74. The molecule has 98 valence electrons. The maximum absolute atomic E-state index is 10.5. The van der Waals surface area contributed by atoms with E-state index in [1.165, 1.54) is 24.3 Å². The van der Waals surface area contributed by atoms with Crippen molar-refractivity contribution in [1.82, 2.24) is 0 Å². The topological polar surface area (TPSA) is 52.4 Å². The lowest BCUT2D eigenvalue weighted by molar-refractivity contribution is -0.384. The van der Waals surface area contributed by atoms with Gasteiger partial charge in [-0.15, -0.1) is 0 Å². The van der Waals surface area contributed by atoms with Gasteiger partial charge in [0, 0.05) is 22.7 Å². The first-order valence-corrected chi connectivity index (χ1v) is 6.59. The van der Waals surface area contributed by atoms with Crippen molar-refractivity contribution < 1.29 is 9.66 Å². The van der Waals surface area contributed by atoms with Gasteiger partial charge in [-0.25, -0.2) is 0 Å². The minimum atomic E-state index is -0.479. The second-order valence-electron chi connectivity index (χ2n) is 3.55. The number of nitro groups is 1. The van der Waals surface area contributed by atoms with E-state index in [-0.39, 0.29) is 5.69 Å². The lowest BCUT2D eigenvalue weighted by Crippen LogP contribution is -1.89. The van der Waals surface area contributed by atoms with E-state index in [0.717, 1.165) is 0 Å². The zero-order valence-corrected chi connectivity index (χ0v) is 12.4. The van der Waals surface area contributed by atoms with Gasteiger partial charge in [0.2, 0.25) is 0 Å². The molecule has 7 heteroatoms. The lowest BCUT2D eigenvalue weighted by Gasteiger charge is -2.08. The average molecular weight is 363 g/mol. The molecule has 2 aromatic rings. The van der Waals surface area contributed by atoms with Crippen LogP contribution in [-0.4, -0.2) is 4.92 Å². The van der Waals surface area contributed by atoms with E-state index in [2.05, 4.69) is 15.9 Å². The molecule has 0 spiro atoms.